The molecule has 0 saturated carbocycles. The molecule has 132 valence electrons. The van der Waals surface area contributed by atoms with Gasteiger partial charge in [0.15, 0.2) is 0 Å². The van der Waals surface area contributed by atoms with E-state index >= 15 is 0 Å². The van der Waals surface area contributed by atoms with Crippen LogP contribution < -0.4 is 0 Å². The van der Waals surface area contributed by atoms with Crippen LogP contribution in [-0.2, 0) is 5.41 Å². The molecule has 0 bridgehead atoms. The summed E-state index contributed by atoms with van der Waals surface area (Å²) >= 11 is 6.12. The minimum absolute atomic E-state index is 0.207. The van der Waals surface area contributed by atoms with Gasteiger partial charge in [-0.2, -0.15) is 5.10 Å². The summed E-state index contributed by atoms with van der Waals surface area (Å²) in [5.41, 5.74) is 5.94. The number of hydrogen-bond acceptors (Lipinski definition) is 3. The van der Waals surface area contributed by atoms with Crippen molar-refractivity contribution in [2.24, 2.45) is 4.99 Å². The zero-order valence-electron chi connectivity index (χ0n) is 15.0. The number of fused-ring (bicyclic) bond motifs is 3. The van der Waals surface area contributed by atoms with E-state index < -0.39 is 0 Å². The van der Waals surface area contributed by atoms with Crippen LogP contribution >= 0.6 is 11.6 Å². The quantitative estimate of drug-likeness (QED) is 0.467. The summed E-state index contributed by atoms with van der Waals surface area (Å²) in [6.07, 6.45) is 5.70. The first-order valence-corrected chi connectivity index (χ1v) is 9.20. The van der Waals surface area contributed by atoms with Crippen molar-refractivity contribution in [3.05, 3.63) is 83.3 Å². The van der Waals surface area contributed by atoms with E-state index in [0.717, 1.165) is 33.6 Å². The first kappa shape index (κ1) is 16.2. The largest absolute Gasteiger partial charge is 0.256 e. The SMILES string of the molecule is CC1(C)C(c2cnn(-c3cccc(Cl)c3)c2)=Nc2c1ccc1ncccc21. The van der Waals surface area contributed by atoms with Gasteiger partial charge < -0.3 is 0 Å². The number of benzene rings is 2. The number of rotatable bonds is 2. The number of nitrogens with zero attached hydrogens (tertiary/aromatic N) is 4. The normalized spacial score (nSPS) is 15.0. The average molecular weight is 373 g/mol. The summed E-state index contributed by atoms with van der Waals surface area (Å²) in [6, 6.07) is 15.9. The van der Waals surface area contributed by atoms with Gasteiger partial charge in [0.05, 0.1) is 28.8 Å². The standard InChI is InChI=1S/C22H17ClN4/c1-22(2)18-8-9-19-17(7-4-10-24-19)20(18)26-21(22)14-12-25-27(13-14)16-6-3-5-15(23)11-16/h3-13H,1-2H3. The van der Waals surface area contributed by atoms with Gasteiger partial charge in [-0.3, -0.25) is 9.98 Å². The van der Waals surface area contributed by atoms with E-state index in [1.807, 2.05) is 53.6 Å². The maximum atomic E-state index is 6.12. The molecule has 1 aliphatic heterocycles. The summed E-state index contributed by atoms with van der Waals surface area (Å²) in [5.74, 6) is 0. The van der Waals surface area contributed by atoms with Crippen molar-refractivity contribution in [1.29, 1.82) is 0 Å². The van der Waals surface area contributed by atoms with Crippen molar-refractivity contribution in [2.75, 3.05) is 0 Å². The Morgan fingerprint density at radius 2 is 1.93 bits per heavy atom. The van der Waals surface area contributed by atoms with Crippen molar-refractivity contribution in [2.45, 2.75) is 19.3 Å². The molecule has 0 unspecified atom stereocenters. The Hall–Kier alpha value is -2.98. The molecule has 4 aromatic rings. The summed E-state index contributed by atoms with van der Waals surface area (Å²) in [5, 5.41) is 6.30. The molecule has 0 spiro atoms. The molecule has 0 aliphatic carbocycles. The summed E-state index contributed by atoms with van der Waals surface area (Å²) in [6.45, 7) is 4.41. The minimum Gasteiger partial charge on any atom is -0.256 e. The summed E-state index contributed by atoms with van der Waals surface area (Å²) in [7, 11) is 0. The second kappa shape index (κ2) is 5.76. The minimum atomic E-state index is -0.207. The van der Waals surface area contributed by atoms with E-state index in [2.05, 4.69) is 42.1 Å². The Labute approximate surface area is 162 Å². The van der Waals surface area contributed by atoms with Crippen LogP contribution in [0.5, 0.6) is 0 Å². The molecule has 5 rings (SSSR count). The molecule has 3 heterocycles. The number of aromatic nitrogens is 3. The van der Waals surface area contributed by atoms with Crippen molar-refractivity contribution in [3.63, 3.8) is 0 Å². The zero-order chi connectivity index (χ0) is 18.6. The number of aliphatic imine (C=N–C) groups is 1. The van der Waals surface area contributed by atoms with E-state index in [9.17, 15) is 0 Å². The van der Waals surface area contributed by atoms with Gasteiger partial charge in [-0.15, -0.1) is 0 Å². The van der Waals surface area contributed by atoms with E-state index in [-0.39, 0.29) is 5.41 Å². The van der Waals surface area contributed by atoms with Crippen molar-refractivity contribution >= 4 is 33.9 Å². The van der Waals surface area contributed by atoms with Crippen LogP contribution in [0.25, 0.3) is 16.6 Å². The fraction of sp³-hybridized carbons (Fsp3) is 0.136. The Kier molecular flexibility index (Phi) is 3.46. The molecule has 5 heteroatoms. The fourth-order valence-electron chi connectivity index (χ4n) is 3.77. The van der Waals surface area contributed by atoms with Gasteiger partial charge in [-0.25, -0.2) is 4.68 Å². The summed E-state index contributed by atoms with van der Waals surface area (Å²) in [4.78, 5) is 9.48. The number of hydrogen-bond donors (Lipinski definition) is 0. The third kappa shape index (κ3) is 2.48. The van der Waals surface area contributed by atoms with Gasteiger partial charge in [-0.05, 0) is 42.0 Å². The van der Waals surface area contributed by atoms with Gasteiger partial charge in [0, 0.05) is 33.8 Å². The molecule has 4 nitrogen and oxygen atoms in total. The van der Waals surface area contributed by atoms with Crippen LogP contribution in [0.3, 0.4) is 0 Å². The fourth-order valence-corrected chi connectivity index (χ4v) is 3.96. The highest BCUT2D eigenvalue weighted by atomic mass is 35.5. The van der Waals surface area contributed by atoms with Crippen molar-refractivity contribution < 1.29 is 0 Å². The lowest BCUT2D eigenvalue weighted by atomic mass is 9.79. The molecule has 1 aliphatic rings. The first-order valence-electron chi connectivity index (χ1n) is 8.82. The molecule has 0 amide bonds. The van der Waals surface area contributed by atoms with Gasteiger partial charge in [0.2, 0.25) is 0 Å². The molecule has 0 fully saturated rings. The molecule has 0 N–H and O–H groups in total. The second-order valence-electron chi connectivity index (χ2n) is 7.27. The lowest BCUT2D eigenvalue weighted by Crippen LogP contribution is -2.26. The maximum absolute atomic E-state index is 6.12. The van der Waals surface area contributed by atoms with Crippen LogP contribution in [0.15, 0.2) is 72.1 Å². The van der Waals surface area contributed by atoms with E-state index in [0.29, 0.717) is 5.02 Å². The zero-order valence-corrected chi connectivity index (χ0v) is 15.8. The first-order chi connectivity index (χ1) is 13.0. The Bertz CT molecular complexity index is 1220. The smallest absolute Gasteiger partial charge is 0.0769 e. The number of halogens is 1. The van der Waals surface area contributed by atoms with Crippen LogP contribution in [0, 0.1) is 0 Å². The van der Waals surface area contributed by atoms with Crippen molar-refractivity contribution in [3.8, 4) is 5.69 Å². The highest BCUT2D eigenvalue weighted by Gasteiger charge is 2.37. The second-order valence-corrected chi connectivity index (χ2v) is 7.71. The predicted molar refractivity (Wildman–Crippen MR) is 110 cm³/mol. The molecular weight excluding hydrogens is 356 g/mol. The molecule has 0 radical (unpaired) electrons. The highest BCUT2D eigenvalue weighted by molar-refractivity contribution is 6.30. The Balaban J connectivity index is 1.64. The third-order valence-corrected chi connectivity index (χ3v) is 5.41. The lowest BCUT2D eigenvalue weighted by molar-refractivity contribution is 0.738. The monoisotopic (exact) mass is 372 g/mol. The molecule has 2 aromatic heterocycles. The van der Waals surface area contributed by atoms with Gasteiger partial charge in [0.1, 0.15) is 0 Å². The highest BCUT2D eigenvalue weighted by Crippen LogP contribution is 2.45. The van der Waals surface area contributed by atoms with E-state index in [4.69, 9.17) is 16.6 Å². The topological polar surface area (TPSA) is 43.1 Å². The van der Waals surface area contributed by atoms with Gasteiger partial charge in [0.25, 0.3) is 0 Å². The van der Waals surface area contributed by atoms with Crippen LogP contribution in [0.4, 0.5) is 5.69 Å². The lowest BCUT2D eigenvalue weighted by Gasteiger charge is -2.21. The van der Waals surface area contributed by atoms with Gasteiger partial charge >= 0.3 is 0 Å². The van der Waals surface area contributed by atoms with Gasteiger partial charge in [-0.1, -0.05) is 37.6 Å². The van der Waals surface area contributed by atoms with Crippen LogP contribution in [0.2, 0.25) is 5.02 Å². The maximum Gasteiger partial charge on any atom is 0.0769 e. The average Bonchev–Trinajstić information content (AvgIpc) is 3.24. The van der Waals surface area contributed by atoms with E-state index in [1.165, 1.54) is 5.56 Å². The van der Waals surface area contributed by atoms with Crippen molar-refractivity contribution in [1.82, 2.24) is 14.8 Å². The Morgan fingerprint density at radius 1 is 1.04 bits per heavy atom. The molecule has 0 atom stereocenters. The summed E-state index contributed by atoms with van der Waals surface area (Å²) < 4.78 is 1.84. The third-order valence-electron chi connectivity index (χ3n) is 5.17. The Morgan fingerprint density at radius 3 is 2.78 bits per heavy atom. The van der Waals surface area contributed by atoms with E-state index in [1.54, 1.807) is 0 Å². The van der Waals surface area contributed by atoms with Crippen LogP contribution in [0.1, 0.15) is 25.0 Å². The molecule has 0 saturated heterocycles. The number of pyridine rings is 1. The predicted octanol–water partition coefficient (Wildman–Crippen LogP) is 5.49. The molecule has 2 aromatic carbocycles. The molecule has 27 heavy (non-hydrogen) atoms. The van der Waals surface area contributed by atoms with Crippen LogP contribution in [-0.4, -0.2) is 20.5 Å². The molecular formula is C22H17ClN4.